The summed E-state index contributed by atoms with van der Waals surface area (Å²) >= 11 is 12.1. The Labute approximate surface area is 131 Å². The van der Waals surface area contributed by atoms with Crippen molar-refractivity contribution >= 4 is 34.1 Å². The number of hydrogen-bond acceptors (Lipinski definition) is 2. The summed E-state index contributed by atoms with van der Waals surface area (Å²) in [6, 6.07) is 13.6. The van der Waals surface area contributed by atoms with Crippen LogP contribution in [0.4, 0.5) is 4.39 Å². The fraction of sp³-hybridized carbons (Fsp3) is 0.0625. The molecule has 0 aliphatic carbocycles. The van der Waals surface area contributed by atoms with Crippen LogP contribution in [0.15, 0.2) is 48.5 Å². The van der Waals surface area contributed by atoms with Crippen LogP contribution in [0.3, 0.4) is 0 Å². The van der Waals surface area contributed by atoms with Gasteiger partial charge in [-0.1, -0.05) is 41.4 Å². The van der Waals surface area contributed by atoms with E-state index in [-0.39, 0.29) is 11.6 Å². The summed E-state index contributed by atoms with van der Waals surface area (Å²) < 4.78 is 18.6. The minimum absolute atomic E-state index is 0.210. The molecule has 0 bridgehead atoms. The average Bonchev–Trinajstić information content (AvgIpc) is 2.46. The van der Waals surface area contributed by atoms with Gasteiger partial charge in [-0.05, 0) is 30.3 Å². The van der Waals surface area contributed by atoms with Gasteiger partial charge in [-0.15, -0.1) is 0 Å². The molecular formula is C16H10Cl2FNO. The Hall–Kier alpha value is -1.84. The summed E-state index contributed by atoms with van der Waals surface area (Å²) in [7, 11) is 0. The zero-order valence-electron chi connectivity index (χ0n) is 10.8. The Morgan fingerprint density at radius 1 is 1.05 bits per heavy atom. The van der Waals surface area contributed by atoms with E-state index < -0.39 is 5.82 Å². The number of nitrogens with zero attached hydrogens (tertiary/aromatic N) is 1. The normalized spacial score (nSPS) is 10.8. The Morgan fingerprint density at radius 3 is 2.67 bits per heavy atom. The lowest BCUT2D eigenvalue weighted by Gasteiger charge is -2.10. The highest BCUT2D eigenvalue weighted by Crippen LogP contribution is 2.27. The van der Waals surface area contributed by atoms with Crippen LogP contribution in [0, 0.1) is 5.82 Å². The predicted molar refractivity (Wildman–Crippen MR) is 82.5 cm³/mol. The van der Waals surface area contributed by atoms with Crippen LogP contribution in [-0.4, -0.2) is 4.98 Å². The third-order valence-corrected chi connectivity index (χ3v) is 3.65. The Morgan fingerprint density at radius 2 is 1.86 bits per heavy atom. The maximum atomic E-state index is 13.0. The molecule has 0 spiro atoms. The number of rotatable bonds is 3. The molecule has 5 heteroatoms. The molecule has 3 rings (SSSR count). The van der Waals surface area contributed by atoms with Gasteiger partial charge in [-0.2, -0.15) is 0 Å². The second kappa shape index (κ2) is 5.88. The van der Waals surface area contributed by atoms with Gasteiger partial charge < -0.3 is 4.74 Å². The van der Waals surface area contributed by atoms with Crippen molar-refractivity contribution in [3.05, 3.63) is 70.1 Å². The Balaban J connectivity index is 1.86. The lowest BCUT2D eigenvalue weighted by Crippen LogP contribution is -1.98. The van der Waals surface area contributed by atoms with Crippen molar-refractivity contribution in [3.8, 4) is 5.75 Å². The topological polar surface area (TPSA) is 22.1 Å². The van der Waals surface area contributed by atoms with E-state index in [1.54, 1.807) is 0 Å². The second-order valence-corrected chi connectivity index (χ2v) is 5.26. The first-order valence-corrected chi connectivity index (χ1v) is 7.01. The van der Waals surface area contributed by atoms with Crippen LogP contribution < -0.4 is 4.74 Å². The highest BCUT2D eigenvalue weighted by atomic mass is 35.5. The molecule has 0 saturated carbocycles. The third-order valence-electron chi connectivity index (χ3n) is 3.03. The van der Waals surface area contributed by atoms with Crippen molar-refractivity contribution in [3.63, 3.8) is 0 Å². The molecule has 0 aliphatic heterocycles. The maximum Gasteiger partial charge on any atom is 0.138 e. The standard InChI is InChI=1S/C16H10Cl2FNO/c17-13-8-12(19)5-6-15(13)21-9-11-7-10-3-1-2-4-14(10)20-16(11)18/h1-8H,9H2. The molecule has 21 heavy (non-hydrogen) atoms. The summed E-state index contributed by atoms with van der Waals surface area (Å²) in [6.07, 6.45) is 0. The molecule has 2 nitrogen and oxygen atoms in total. The molecule has 0 N–H and O–H groups in total. The second-order valence-electron chi connectivity index (χ2n) is 4.49. The fourth-order valence-corrected chi connectivity index (χ4v) is 2.41. The molecule has 1 aromatic heterocycles. The molecular weight excluding hydrogens is 312 g/mol. The van der Waals surface area contributed by atoms with E-state index in [9.17, 15) is 4.39 Å². The molecule has 0 radical (unpaired) electrons. The predicted octanol–water partition coefficient (Wildman–Crippen LogP) is 5.26. The van der Waals surface area contributed by atoms with Crippen molar-refractivity contribution in [2.75, 3.05) is 0 Å². The Kier molecular flexibility index (Phi) is 3.95. The molecule has 0 amide bonds. The van der Waals surface area contributed by atoms with E-state index in [0.29, 0.717) is 10.9 Å². The molecule has 0 unspecified atom stereocenters. The van der Waals surface area contributed by atoms with Crippen LogP contribution in [0.2, 0.25) is 10.2 Å². The van der Waals surface area contributed by atoms with E-state index >= 15 is 0 Å². The van der Waals surface area contributed by atoms with Crippen molar-refractivity contribution in [1.82, 2.24) is 4.98 Å². The number of halogens is 3. The minimum atomic E-state index is -0.405. The highest BCUT2D eigenvalue weighted by Gasteiger charge is 2.08. The summed E-state index contributed by atoms with van der Waals surface area (Å²) in [4.78, 5) is 4.32. The molecule has 106 valence electrons. The van der Waals surface area contributed by atoms with Crippen LogP contribution in [0.1, 0.15) is 5.56 Å². The SMILES string of the molecule is Fc1ccc(OCc2cc3ccccc3nc2Cl)c(Cl)c1. The van der Waals surface area contributed by atoms with E-state index in [1.165, 1.54) is 18.2 Å². The van der Waals surface area contributed by atoms with Gasteiger partial charge in [0, 0.05) is 10.9 Å². The van der Waals surface area contributed by atoms with E-state index in [0.717, 1.165) is 16.5 Å². The molecule has 2 aromatic carbocycles. The largest absolute Gasteiger partial charge is 0.487 e. The molecule has 0 fully saturated rings. The summed E-state index contributed by atoms with van der Waals surface area (Å²) in [5, 5.41) is 1.58. The highest BCUT2D eigenvalue weighted by molar-refractivity contribution is 6.32. The van der Waals surface area contributed by atoms with E-state index in [1.807, 2.05) is 30.3 Å². The van der Waals surface area contributed by atoms with Gasteiger partial charge >= 0.3 is 0 Å². The maximum absolute atomic E-state index is 13.0. The molecule has 0 aliphatic rings. The number of para-hydroxylation sites is 1. The first kappa shape index (κ1) is 14.1. The van der Waals surface area contributed by atoms with Gasteiger partial charge in [0.25, 0.3) is 0 Å². The lowest BCUT2D eigenvalue weighted by molar-refractivity contribution is 0.306. The number of fused-ring (bicyclic) bond motifs is 1. The van der Waals surface area contributed by atoms with Gasteiger partial charge in [-0.3, -0.25) is 0 Å². The van der Waals surface area contributed by atoms with Crippen molar-refractivity contribution in [2.45, 2.75) is 6.61 Å². The van der Waals surface area contributed by atoms with Gasteiger partial charge in [0.15, 0.2) is 0 Å². The first-order valence-electron chi connectivity index (χ1n) is 6.25. The lowest BCUT2D eigenvalue weighted by atomic mass is 10.2. The molecule has 0 saturated heterocycles. The monoisotopic (exact) mass is 321 g/mol. The summed E-state index contributed by atoms with van der Waals surface area (Å²) in [5.41, 5.74) is 1.57. The molecule has 0 atom stereocenters. The fourth-order valence-electron chi connectivity index (χ4n) is 1.99. The minimum Gasteiger partial charge on any atom is -0.487 e. The van der Waals surface area contributed by atoms with Gasteiger partial charge in [0.2, 0.25) is 0 Å². The van der Waals surface area contributed by atoms with Crippen LogP contribution in [0.5, 0.6) is 5.75 Å². The van der Waals surface area contributed by atoms with E-state index in [4.69, 9.17) is 27.9 Å². The quantitative estimate of drug-likeness (QED) is 0.614. The summed E-state index contributed by atoms with van der Waals surface area (Å²) in [5.74, 6) is 0.0000427. The van der Waals surface area contributed by atoms with E-state index in [2.05, 4.69) is 4.98 Å². The summed E-state index contributed by atoms with van der Waals surface area (Å²) in [6.45, 7) is 0.210. The smallest absolute Gasteiger partial charge is 0.138 e. The van der Waals surface area contributed by atoms with Crippen LogP contribution in [-0.2, 0) is 6.61 Å². The number of ether oxygens (including phenoxy) is 1. The van der Waals surface area contributed by atoms with Crippen molar-refractivity contribution in [1.29, 1.82) is 0 Å². The number of benzene rings is 2. The first-order chi connectivity index (χ1) is 10.1. The molecule has 1 heterocycles. The third kappa shape index (κ3) is 3.09. The van der Waals surface area contributed by atoms with Gasteiger partial charge in [0.1, 0.15) is 23.3 Å². The average molecular weight is 322 g/mol. The molecule has 3 aromatic rings. The number of aromatic nitrogens is 1. The van der Waals surface area contributed by atoms with Crippen molar-refractivity contribution in [2.24, 2.45) is 0 Å². The van der Waals surface area contributed by atoms with Crippen LogP contribution in [0.25, 0.3) is 10.9 Å². The Bertz CT molecular complexity index is 807. The van der Waals surface area contributed by atoms with Crippen LogP contribution >= 0.6 is 23.2 Å². The zero-order chi connectivity index (χ0) is 14.8. The number of hydrogen-bond donors (Lipinski definition) is 0. The van der Waals surface area contributed by atoms with Crippen molar-refractivity contribution < 1.29 is 9.13 Å². The van der Waals surface area contributed by atoms with Gasteiger partial charge in [0.05, 0.1) is 10.5 Å². The number of pyridine rings is 1. The zero-order valence-corrected chi connectivity index (χ0v) is 12.3. The van der Waals surface area contributed by atoms with Gasteiger partial charge in [-0.25, -0.2) is 9.37 Å².